The van der Waals surface area contributed by atoms with Gasteiger partial charge in [-0.15, -0.1) is 0 Å². The number of aromatic nitrogens is 4. The fourth-order valence-electron chi connectivity index (χ4n) is 6.58. The molecule has 3 heterocycles. The van der Waals surface area contributed by atoms with Gasteiger partial charge >= 0.3 is 11.9 Å². The van der Waals surface area contributed by atoms with Crippen LogP contribution in [0, 0.1) is 6.92 Å². The number of carbonyl (C=O) groups excluding carboxylic acids is 1. The first-order chi connectivity index (χ1) is 25.8. The Balaban J connectivity index is 1.20. The lowest BCUT2D eigenvalue weighted by Gasteiger charge is -2.38. The molecule has 262 valence electrons. The van der Waals surface area contributed by atoms with Gasteiger partial charge in [-0.2, -0.15) is 0 Å². The second-order valence-corrected chi connectivity index (χ2v) is 12.7. The van der Waals surface area contributed by atoms with Crippen LogP contribution in [0.4, 0.5) is 0 Å². The summed E-state index contributed by atoms with van der Waals surface area (Å²) < 4.78 is 38.8. The van der Waals surface area contributed by atoms with Crippen LogP contribution in [0.25, 0.3) is 44.6 Å². The Morgan fingerprint density at radius 2 is 1.65 bits per heavy atom. The molecular formula is C39H38N4O8. The van der Waals surface area contributed by atoms with Crippen molar-refractivity contribution >= 4 is 34.0 Å². The molecule has 51 heavy (non-hydrogen) atoms. The normalized spacial score (nSPS) is 21.7. The summed E-state index contributed by atoms with van der Waals surface area (Å²) in [4.78, 5) is 34.6. The van der Waals surface area contributed by atoms with E-state index in [4.69, 9.17) is 23.6 Å². The second kappa shape index (κ2) is 13.7. The maximum absolute atomic E-state index is 13.4. The van der Waals surface area contributed by atoms with Crippen molar-refractivity contribution in [3.63, 3.8) is 0 Å². The number of aliphatic hydroxyl groups is 3. The Morgan fingerprint density at radius 3 is 2.39 bits per heavy atom. The van der Waals surface area contributed by atoms with Crippen molar-refractivity contribution in [3.8, 4) is 22.5 Å². The SMILES string of the molecule is [2H]C([2H])([2H])n1c(-c2cc(C)c3nc(CCC)n(Cc4ccc(-c5ccccc5C(=O)O[C@H]5O[C@@H](C(=O)O)[C@H](O)[C@@H](O)[C@@H]5O)cc4)c3c2)nc2ccccc21. The van der Waals surface area contributed by atoms with E-state index in [9.17, 15) is 30.0 Å². The summed E-state index contributed by atoms with van der Waals surface area (Å²) in [5, 5.41) is 39.9. The molecule has 12 heteroatoms. The Morgan fingerprint density at radius 1 is 0.902 bits per heavy atom. The van der Waals surface area contributed by atoms with Gasteiger partial charge in [0.15, 0.2) is 6.10 Å². The molecule has 4 aromatic carbocycles. The van der Waals surface area contributed by atoms with Crippen molar-refractivity contribution in [2.45, 2.75) is 63.9 Å². The van der Waals surface area contributed by atoms with Crippen LogP contribution in [0.15, 0.2) is 84.9 Å². The van der Waals surface area contributed by atoms with E-state index in [2.05, 4.69) is 11.5 Å². The van der Waals surface area contributed by atoms with E-state index in [0.29, 0.717) is 46.5 Å². The van der Waals surface area contributed by atoms with Gasteiger partial charge < -0.3 is 39.0 Å². The quantitative estimate of drug-likeness (QED) is 0.157. The third kappa shape index (κ3) is 6.27. The lowest BCUT2D eigenvalue weighted by molar-refractivity contribution is -0.278. The molecule has 7 rings (SSSR count). The van der Waals surface area contributed by atoms with E-state index in [1.54, 1.807) is 36.4 Å². The van der Waals surface area contributed by atoms with Crippen LogP contribution in [0.5, 0.6) is 0 Å². The van der Waals surface area contributed by atoms with Gasteiger partial charge in [0.05, 0.1) is 27.6 Å². The maximum atomic E-state index is 13.4. The molecule has 1 saturated heterocycles. The number of imidazole rings is 2. The number of benzene rings is 4. The third-order valence-electron chi connectivity index (χ3n) is 9.20. The summed E-state index contributed by atoms with van der Waals surface area (Å²) in [5.41, 5.74) is 6.49. The summed E-state index contributed by atoms with van der Waals surface area (Å²) in [7, 11) is 0. The summed E-state index contributed by atoms with van der Waals surface area (Å²) >= 11 is 0. The van der Waals surface area contributed by atoms with E-state index in [1.807, 2.05) is 49.4 Å². The van der Waals surface area contributed by atoms with Crippen LogP contribution in [0.1, 0.15) is 44.8 Å². The minimum atomic E-state index is -2.46. The number of hydrogen-bond acceptors (Lipinski definition) is 9. The van der Waals surface area contributed by atoms with Crippen LogP contribution < -0.4 is 0 Å². The number of para-hydroxylation sites is 2. The van der Waals surface area contributed by atoms with E-state index in [-0.39, 0.29) is 5.56 Å². The number of rotatable bonds is 9. The number of ether oxygens (including phenoxy) is 2. The molecule has 4 N–H and O–H groups in total. The zero-order chi connectivity index (χ0) is 38.5. The van der Waals surface area contributed by atoms with E-state index in [0.717, 1.165) is 34.4 Å². The predicted molar refractivity (Wildman–Crippen MR) is 189 cm³/mol. The highest BCUT2D eigenvalue weighted by molar-refractivity contribution is 5.97. The molecule has 5 atom stereocenters. The van der Waals surface area contributed by atoms with Crippen molar-refractivity contribution in [3.05, 3.63) is 107 Å². The van der Waals surface area contributed by atoms with E-state index < -0.39 is 49.6 Å². The fourth-order valence-corrected chi connectivity index (χ4v) is 6.58. The van der Waals surface area contributed by atoms with Gasteiger partial charge in [0.25, 0.3) is 0 Å². The van der Waals surface area contributed by atoms with Gasteiger partial charge in [0, 0.05) is 29.6 Å². The molecule has 12 nitrogen and oxygen atoms in total. The first kappa shape index (κ1) is 30.4. The minimum absolute atomic E-state index is 0.102. The monoisotopic (exact) mass is 693 g/mol. The summed E-state index contributed by atoms with van der Waals surface area (Å²) in [5.74, 6) is -1.30. The lowest BCUT2D eigenvalue weighted by Crippen LogP contribution is -2.60. The molecule has 1 fully saturated rings. The van der Waals surface area contributed by atoms with E-state index in [1.165, 1.54) is 10.6 Å². The molecule has 0 bridgehead atoms. The number of fused-ring (bicyclic) bond motifs is 2. The largest absolute Gasteiger partial charge is 0.479 e. The highest BCUT2D eigenvalue weighted by Crippen LogP contribution is 2.32. The van der Waals surface area contributed by atoms with Gasteiger partial charge in [-0.1, -0.05) is 61.5 Å². The number of carboxylic acids is 1. The number of nitrogens with zero attached hydrogens (tertiary/aromatic N) is 4. The van der Waals surface area contributed by atoms with Gasteiger partial charge in [0.1, 0.15) is 30.0 Å². The summed E-state index contributed by atoms with van der Waals surface area (Å²) in [6.07, 6.45) is -7.91. The summed E-state index contributed by atoms with van der Waals surface area (Å²) in [6, 6.07) is 25.2. The van der Waals surface area contributed by atoms with Crippen molar-refractivity contribution in [2.75, 3.05) is 0 Å². The van der Waals surface area contributed by atoms with Gasteiger partial charge in [-0.05, 0) is 65.9 Å². The average Bonchev–Trinajstić information content (AvgIpc) is 3.71. The predicted octanol–water partition coefficient (Wildman–Crippen LogP) is 4.62. The van der Waals surface area contributed by atoms with Gasteiger partial charge in [-0.3, -0.25) is 0 Å². The smallest absolute Gasteiger partial charge is 0.341 e. The number of carboxylic acid groups (broad SMARTS) is 1. The number of hydrogen-bond donors (Lipinski definition) is 4. The standard InChI is InChI=1S/C39H38N4O8/c1-4-9-30-41-31-21(2)18-24(36-40-27-12-7-8-13-28(27)42(36)3)19-29(31)43(30)20-22-14-16-23(17-15-22)25-10-5-6-11-26(25)38(49)51-39-34(46)32(44)33(45)35(50-39)37(47)48/h5-8,10-19,32-35,39,44-46H,4,9,20H2,1-3H3,(H,47,48)/t32-,33-,34+,35-,39-/m1/s1/i3D3. The molecule has 0 saturated carbocycles. The molecule has 2 aromatic heterocycles. The third-order valence-corrected chi connectivity index (χ3v) is 9.20. The molecule has 1 aliphatic heterocycles. The molecule has 0 radical (unpaired) electrons. The van der Waals surface area contributed by atoms with Crippen molar-refractivity contribution in [2.24, 2.45) is 6.98 Å². The number of aliphatic carboxylic acids is 1. The van der Waals surface area contributed by atoms with Gasteiger partial charge in [0.2, 0.25) is 6.29 Å². The van der Waals surface area contributed by atoms with Crippen molar-refractivity contribution in [1.29, 1.82) is 0 Å². The minimum Gasteiger partial charge on any atom is -0.479 e. The van der Waals surface area contributed by atoms with Crippen LogP contribution in [0.2, 0.25) is 0 Å². The molecule has 0 unspecified atom stereocenters. The van der Waals surface area contributed by atoms with Crippen LogP contribution >= 0.6 is 0 Å². The molecular weight excluding hydrogens is 652 g/mol. The second-order valence-electron chi connectivity index (χ2n) is 12.7. The van der Waals surface area contributed by atoms with Crippen molar-refractivity contribution in [1.82, 2.24) is 19.1 Å². The van der Waals surface area contributed by atoms with Crippen LogP contribution in [-0.4, -0.2) is 82.2 Å². The van der Waals surface area contributed by atoms with E-state index >= 15 is 0 Å². The first-order valence-electron chi connectivity index (χ1n) is 18.1. The molecule has 0 spiro atoms. The fraction of sp³-hybridized carbons (Fsp3) is 0.282. The molecule has 6 aromatic rings. The molecule has 1 aliphatic rings. The molecule has 0 aliphatic carbocycles. The zero-order valence-corrected chi connectivity index (χ0v) is 27.8. The van der Waals surface area contributed by atoms with Crippen LogP contribution in [0.3, 0.4) is 0 Å². The average molecular weight is 694 g/mol. The Bertz CT molecular complexity index is 2370. The number of esters is 1. The highest BCUT2D eigenvalue weighted by atomic mass is 16.7. The Kier molecular flexibility index (Phi) is 8.19. The Labute approximate surface area is 297 Å². The van der Waals surface area contributed by atoms with Crippen molar-refractivity contribution < 1.29 is 43.6 Å². The topological polar surface area (TPSA) is 169 Å². The summed E-state index contributed by atoms with van der Waals surface area (Å²) in [6.45, 7) is 2.02. The number of aryl methyl sites for hydroxylation is 3. The number of aliphatic hydroxyl groups excluding tert-OH is 3. The lowest BCUT2D eigenvalue weighted by atomic mass is 9.98. The molecule has 0 amide bonds. The number of carbonyl (C=O) groups is 2. The first-order valence-corrected chi connectivity index (χ1v) is 16.6. The highest BCUT2D eigenvalue weighted by Gasteiger charge is 2.48. The maximum Gasteiger partial charge on any atom is 0.341 e. The zero-order valence-electron chi connectivity index (χ0n) is 30.8. The Hall–Kier alpha value is -5.40. The van der Waals surface area contributed by atoms with Gasteiger partial charge in [-0.25, -0.2) is 19.6 Å². The van der Waals surface area contributed by atoms with Crippen LogP contribution in [-0.2, 0) is 34.2 Å².